The standard InChI is InChI=1S/C24H34N4O4/c29-24(25-12-8-19-5-2-1-3-6-19)28-13-4-7-21(17-28)23-26-22(27-32-23)11-16-31-18-20-9-14-30-15-10-20/h1-3,5-6,20-21H,4,7-18H2,(H,25,29). The smallest absolute Gasteiger partial charge is 0.317 e. The zero-order valence-corrected chi connectivity index (χ0v) is 18.7. The first kappa shape index (κ1) is 22.7. The maximum atomic E-state index is 12.6. The second-order valence-electron chi connectivity index (χ2n) is 8.68. The molecule has 0 radical (unpaired) electrons. The highest BCUT2D eigenvalue weighted by atomic mass is 16.5. The third-order valence-electron chi connectivity index (χ3n) is 6.24. The Labute approximate surface area is 189 Å². The number of benzene rings is 1. The van der Waals surface area contributed by atoms with E-state index in [1.54, 1.807) is 0 Å². The van der Waals surface area contributed by atoms with Crippen molar-refractivity contribution in [3.05, 3.63) is 47.6 Å². The van der Waals surface area contributed by atoms with Gasteiger partial charge in [-0.25, -0.2) is 4.79 Å². The lowest BCUT2D eigenvalue weighted by Crippen LogP contribution is -2.45. The predicted octanol–water partition coefficient (Wildman–Crippen LogP) is 3.19. The van der Waals surface area contributed by atoms with Crippen LogP contribution in [0.1, 0.15) is 48.9 Å². The van der Waals surface area contributed by atoms with Gasteiger partial charge in [-0.1, -0.05) is 35.5 Å². The summed E-state index contributed by atoms with van der Waals surface area (Å²) in [6.45, 7) is 5.04. The molecule has 2 aliphatic heterocycles. The zero-order valence-electron chi connectivity index (χ0n) is 18.7. The van der Waals surface area contributed by atoms with E-state index < -0.39 is 0 Å². The van der Waals surface area contributed by atoms with Crippen LogP contribution in [-0.4, -0.2) is 67.1 Å². The van der Waals surface area contributed by atoms with E-state index in [-0.39, 0.29) is 11.9 Å². The van der Waals surface area contributed by atoms with Gasteiger partial charge in [0.25, 0.3) is 0 Å². The summed E-state index contributed by atoms with van der Waals surface area (Å²) in [5.41, 5.74) is 1.22. The summed E-state index contributed by atoms with van der Waals surface area (Å²) in [5.74, 6) is 1.99. The Bertz CT molecular complexity index is 822. The summed E-state index contributed by atoms with van der Waals surface area (Å²) in [6, 6.07) is 10.2. The minimum Gasteiger partial charge on any atom is -0.381 e. The minimum absolute atomic E-state index is 0.0214. The fourth-order valence-corrected chi connectivity index (χ4v) is 4.29. The number of carbonyl (C=O) groups excluding carboxylic acids is 1. The van der Waals surface area contributed by atoms with E-state index in [0.29, 0.717) is 43.8 Å². The normalized spacial score (nSPS) is 19.8. The molecule has 1 aromatic carbocycles. The van der Waals surface area contributed by atoms with Crippen LogP contribution >= 0.6 is 0 Å². The van der Waals surface area contributed by atoms with Crippen LogP contribution in [0, 0.1) is 5.92 Å². The molecular formula is C24H34N4O4. The maximum Gasteiger partial charge on any atom is 0.317 e. The molecule has 8 heteroatoms. The van der Waals surface area contributed by atoms with Gasteiger partial charge in [-0.2, -0.15) is 4.98 Å². The summed E-state index contributed by atoms with van der Waals surface area (Å²) in [4.78, 5) is 19.0. The van der Waals surface area contributed by atoms with E-state index in [4.69, 9.17) is 14.0 Å². The molecule has 0 bridgehead atoms. The molecule has 3 heterocycles. The highest BCUT2D eigenvalue weighted by Crippen LogP contribution is 2.25. The lowest BCUT2D eigenvalue weighted by molar-refractivity contribution is 0.0211. The van der Waals surface area contributed by atoms with Crippen molar-refractivity contribution >= 4 is 6.03 Å². The van der Waals surface area contributed by atoms with Gasteiger partial charge in [0.2, 0.25) is 5.89 Å². The second kappa shape index (κ2) is 12.0. The Hall–Kier alpha value is -2.45. The summed E-state index contributed by atoms with van der Waals surface area (Å²) in [5, 5.41) is 7.16. The van der Waals surface area contributed by atoms with E-state index in [2.05, 4.69) is 27.6 Å². The molecule has 2 amide bonds. The molecule has 1 aromatic heterocycles. The van der Waals surface area contributed by atoms with Crippen molar-refractivity contribution in [3.8, 4) is 0 Å². The van der Waals surface area contributed by atoms with Crippen molar-refractivity contribution in [2.24, 2.45) is 5.92 Å². The lowest BCUT2D eigenvalue weighted by atomic mass is 9.98. The lowest BCUT2D eigenvalue weighted by Gasteiger charge is -2.31. The monoisotopic (exact) mass is 442 g/mol. The highest BCUT2D eigenvalue weighted by molar-refractivity contribution is 5.74. The average Bonchev–Trinajstić information content (AvgIpc) is 3.32. The molecule has 174 valence electrons. The van der Waals surface area contributed by atoms with Crippen molar-refractivity contribution in [2.75, 3.05) is 46.1 Å². The van der Waals surface area contributed by atoms with Crippen molar-refractivity contribution < 1.29 is 18.8 Å². The van der Waals surface area contributed by atoms with Crippen LogP contribution in [0.15, 0.2) is 34.9 Å². The Morgan fingerprint density at radius 2 is 2.00 bits per heavy atom. The van der Waals surface area contributed by atoms with Gasteiger partial charge in [0.05, 0.1) is 12.5 Å². The zero-order chi connectivity index (χ0) is 22.0. The number of hydrogen-bond acceptors (Lipinski definition) is 6. The van der Waals surface area contributed by atoms with Crippen molar-refractivity contribution in [1.82, 2.24) is 20.4 Å². The Balaban J connectivity index is 1.17. The Kier molecular flexibility index (Phi) is 8.50. The van der Waals surface area contributed by atoms with E-state index in [1.807, 2.05) is 23.1 Å². The van der Waals surface area contributed by atoms with Crippen molar-refractivity contribution in [3.63, 3.8) is 0 Å². The number of piperidine rings is 1. The molecule has 1 N–H and O–H groups in total. The summed E-state index contributed by atoms with van der Waals surface area (Å²) >= 11 is 0. The van der Waals surface area contributed by atoms with Crippen molar-refractivity contribution in [2.45, 2.75) is 44.4 Å². The number of nitrogens with one attached hydrogen (secondary N) is 1. The van der Waals surface area contributed by atoms with Gasteiger partial charge in [0.1, 0.15) is 0 Å². The van der Waals surface area contributed by atoms with E-state index in [1.165, 1.54) is 5.56 Å². The molecule has 2 aromatic rings. The number of likely N-dealkylation sites (tertiary alicyclic amines) is 1. The fourth-order valence-electron chi connectivity index (χ4n) is 4.29. The first-order chi connectivity index (χ1) is 15.8. The average molecular weight is 443 g/mol. The van der Waals surface area contributed by atoms with Gasteiger partial charge in [0.15, 0.2) is 5.82 Å². The number of ether oxygens (including phenoxy) is 2. The number of hydrogen-bond donors (Lipinski definition) is 1. The molecule has 0 saturated carbocycles. The number of carbonyl (C=O) groups is 1. The molecule has 0 aliphatic carbocycles. The van der Waals surface area contributed by atoms with Crippen LogP contribution in [0.5, 0.6) is 0 Å². The van der Waals surface area contributed by atoms with Gasteiger partial charge < -0.3 is 24.2 Å². The van der Waals surface area contributed by atoms with E-state index in [9.17, 15) is 4.79 Å². The summed E-state index contributed by atoms with van der Waals surface area (Å²) in [7, 11) is 0. The summed E-state index contributed by atoms with van der Waals surface area (Å²) in [6.07, 6.45) is 5.50. The fraction of sp³-hybridized carbons (Fsp3) is 0.625. The number of amides is 2. The molecule has 2 aliphatic rings. The van der Waals surface area contributed by atoms with Crippen LogP contribution in [0.4, 0.5) is 4.79 Å². The molecule has 0 spiro atoms. The molecule has 2 saturated heterocycles. The number of aromatic nitrogens is 2. The van der Waals surface area contributed by atoms with Crippen LogP contribution in [0.25, 0.3) is 0 Å². The topological polar surface area (TPSA) is 89.7 Å². The number of urea groups is 1. The van der Waals surface area contributed by atoms with Crippen LogP contribution in [0.3, 0.4) is 0 Å². The number of rotatable bonds is 9. The third-order valence-corrected chi connectivity index (χ3v) is 6.24. The Morgan fingerprint density at radius 3 is 2.84 bits per heavy atom. The first-order valence-electron chi connectivity index (χ1n) is 11.8. The molecule has 4 rings (SSSR count). The predicted molar refractivity (Wildman–Crippen MR) is 119 cm³/mol. The molecule has 1 unspecified atom stereocenters. The molecule has 8 nitrogen and oxygen atoms in total. The molecule has 2 fully saturated rings. The quantitative estimate of drug-likeness (QED) is 0.600. The van der Waals surface area contributed by atoms with E-state index in [0.717, 1.165) is 58.5 Å². The van der Waals surface area contributed by atoms with Gasteiger partial charge in [0, 0.05) is 45.9 Å². The Morgan fingerprint density at radius 1 is 1.16 bits per heavy atom. The largest absolute Gasteiger partial charge is 0.381 e. The van der Waals surface area contributed by atoms with E-state index >= 15 is 0 Å². The third kappa shape index (κ3) is 6.77. The van der Waals surface area contributed by atoms with Crippen LogP contribution in [0.2, 0.25) is 0 Å². The maximum absolute atomic E-state index is 12.6. The second-order valence-corrected chi connectivity index (χ2v) is 8.68. The van der Waals surface area contributed by atoms with Gasteiger partial charge in [-0.05, 0) is 43.6 Å². The van der Waals surface area contributed by atoms with Crippen LogP contribution < -0.4 is 5.32 Å². The van der Waals surface area contributed by atoms with Gasteiger partial charge >= 0.3 is 6.03 Å². The first-order valence-corrected chi connectivity index (χ1v) is 11.8. The number of nitrogens with zero attached hydrogens (tertiary/aromatic N) is 3. The molecule has 1 atom stereocenters. The molecule has 32 heavy (non-hydrogen) atoms. The van der Waals surface area contributed by atoms with Gasteiger partial charge in [-0.15, -0.1) is 0 Å². The SMILES string of the molecule is O=C(NCCc1ccccc1)N1CCCC(c2nc(CCOCC3CCOCC3)no2)C1. The highest BCUT2D eigenvalue weighted by Gasteiger charge is 2.28. The minimum atomic E-state index is -0.0214. The van der Waals surface area contributed by atoms with Crippen molar-refractivity contribution in [1.29, 1.82) is 0 Å². The molecular weight excluding hydrogens is 408 g/mol. The van der Waals surface area contributed by atoms with Crippen LogP contribution in [-0.2, 0) is 22.3 Å². The van der Waals surface area contributed by atoms with Gasteiger partial charge in [-0.3, -0.25) is 0 Å². The summed E-state index contributed by atoms with van der Waals surface area (Å²) < 4.78 is 16.7.